The van der Waals surface area contributed by atoms with Crippen molar-refractivity contribution in [3.05, 3.63) is 42.0 Å². The van der Waals surface area contributed by atoms with E-state index in [0.717, 1.165) is 25.9 Å². The Balaban J connectivity index is 1.79. The van der Waals surface area contributed by atoms with E-state index in [4.69, 9.17) is 0 Å². The fourth-order valence-corrected chi connectivity index (χ4v) is 2.72. The largest absolute Gasteiger partial charge is 0.323 e. The van der Waals surface area contributed by atoms with E-state index in [-0.39, 0.29) is 17.6 Å². The van der Waals surface area contributed by atoms with Crippen molar-refractivity contribution in [3.63, 3.8) is 0 Å². The Morgan fingerprint density at radius 1 is 1.36 bits per heavy atom. The maximum absolute atomic E-state index is 13.9. The number of nitrogens with one attached hydrogen (secondary N) is 2. The molecule has 22 heavy (non-hydrogen) atoms. The molecule has 0 saturated carbocycles. The van der Waals surface area contributed by atoms with Crippen LogP contribution >= 0.6 is 0 Å². The molecule has 2 N–H and O–H groups in total. The lowest BCUT2D eigenvalue weighted by atomic mass is 9.97. The predicted octanol–water partition coefficient (Wildman–Crippen LogP) is 2.26. The number of aromatic nitrogens is 2. The van der Waals surface area contributed by atoms with Crippen LogP contribution in [0.5, 0.6) is 0 Å². The molecule has 1 aromatic heterocycles. The summed E-state index contributed by atoms with van der Waals surface area (Å²) in [5.41, 5.74) is 1.72. The van der Waals surface area contributed by atoms with Gasteiger partial charge in [-0.1, -0.05) is 12.1 Å². The van der Waals surface area contributed by atoms with Gasteiger partial charge < -0.3 is 10.6 Å². The summed E-state index contributed by atoms with van der Waals surface area (Å²) < 4.78 is 15.4. The Morgan fingerprint density at radius 3 is 2.82 bits per heavy atom. The molecule has 0 unspecified atom stereocenters. The van der Waals surface area contributed by atoms with Gasteiger partial charge in [-0.15, -0.1) is 0 Å². The van der Waals surface area contributed by atoms with Crippen LogP contribution in [0.1, 0.15) is 18.5 Å². The highest BCUT2D eigenvalue weighted by atomic mass is 19.1. The minimum Gasteiger partial charge on any atom is -0.323 e. The van der Waals surface area contributed by atoms with Crippen LogP contribution in [0.15, 0.2) is 30.5 Å². The number of nitrogens with zero attached hydrogens (tertiary/aromatic N) is 2. The number of anilines is 1. The highest BCUT2D eigenvalue weighted by Gasteiger charge is 2.22. The molecule has 6 heteroatoms. The highest BCUT2D eigenvalue weighted by Crippen LogP contribution is 2.22. The first kappa shape index (κ1) is 14.7. The van der Waals surface area contributed by atoms with Crippen LogP contribution in [0.25, 0.3) is 5.69 Å². The molecule has 1 aliphatic rings. The SMILES string of the molecule is Cc1c(NC(=O)C2CCNCC2)cnn1-c1ccccc1F. The van der Waals surface area contributed by atoms with Crippen molar-refractivity contribution >= 4 is 11.6 Å². The van der Waals surface area contributed by atoms with Crippen LogP contribution in [0.4, 0.5) is 10.1 Å². The van der Waals surface area contributed by atoms with Crippen molar-refractivity contribution in [2.24, 2.45) is 5.92 Å². The third-order valence-electron chi connectivity index (χ3n) is 4.06. The van der Waals surface area contributed by atoms with Gasteiger partial charge in [0.1, 0.15) is 11.5 Å². The highest BCUT2D eigenvalue weighted by molar-refractivity contribution is 5.93. The van der Waals surface area contributed by atoms with E-state index in [0.29, 0.717) is 17.1 Å². The van der Waals surface area contributed by atoms with Crippen LogP contribution in [-0.2, 0) is 4.79 Å². The second-order valence-corrected chi connectivity index (χ2v) is 5.52. The molecule has 0 radical (unpaired) electrons. The molecule has 0 bridgehead atoms. The first-order valence-electron chi connectivity index (χ1n) is 7.48. The molecule has 1 aliphatic heterocycles. The molecule has 5 nitrogen and oxygen atoms in total. The first-order valence-corrected chi connectivity index (χ1v) is 7.48. The Hall–Kier alpha value is -2.21. The van der Waals surface area contributed by atoms with E-state index in [2.05, 4.69) is 15.7 Å². The van der Waals surface area contributed by atoms with E-state index in [1.165, 1.54) is 10.7 Å². The van der Waals surface area contributed by atoms with Crippen LogP contribution in [0, 0.1) is 18.7 Å². The van der Waals surface area contributed by atoms with E-state index in [1.54, 1.807) is 24.4 Å². The normalized spacial score (nSPS) is 15.7. The van der Waals surface area contributed by atoms with Crippen molar-refractivity contribution < 1.29 is 9.18 Å². The molecule has 3 rings (SSSR count). The summed E-state index contributed by atoms with van der Waals surface area (Å²) in [6, 6.07) is 6.45. The van der Waals surface area contributed by atoms with E-state index in [1.807, 2.05) is 6.92 Å². The maximum atomic E-state index is 13.9. The maximum Gasteiger partial charge on any atom is 0.227 e. The standard InChI is InChI=1S/C16H19FN4O/c1-11-14(20-16(22)12-6-8-18-9-7-12)10-19-21(11)15-5-3-2-4-13(15)17/h2-5,10,12,18H,6-9H2,1H3,(H,20,22). The minimum atomic E-state index is -0.343. The number of piperidine rings is 1. The zero-order valence-electron chi connectivity index (χ0n) is 12.5. The second-order valence-electron chi connectivity index (χ2n) is 5.52. The molecule has 0 atom stereocenters. The fourth-order valence-electron chi connectivity index (χ4n) is 2.72. The number of rotatable bonds is 3. The van der Waals surface area contributed by atoms with E-state index in [9.17, 15) is 9.18 Å². The molecule has 2 heterocycles. The van der Waals surface area contributed by atoms with Crippen molar-refractivity contribution in [2.45, 2.75) is 19.8 Å². The van der Waals surface area contributed by atoms with Gasteiger partial charge in [0.15, 0.2) is 0 Å². The average molecular weight is 302 g/mol. The quantitative estimate of drug-likeness (QED) is 0.914. The fraction of sp³-hybridized carbons (Fsp3) is 0.375. The Morgan fingerprint density at radius 2 is 2.09 bits per heavy atom. The number of para-hydroxylation sites is 1. The molecular weight excluding hydrogens is 283 g/mol. The van der Waals surface area contributed by atoms with Gasteiger partial charge in [-0.05, 0) is 45.0 Å². The van der Waals surface area contributed by atoms with Gasteiger partial charge in [0, 0.05) is 5.92 Å². The van der Waals surface area contributed by atoms with Crippen LogP contribution in [0.3, 0.4) is 0 Å². The van der Waals surface area contributed by atoms with Gasteiger partial charge in [0.25, 0.3) is 0 Å². The van der Waals surface area contributed by atoms with Gasteiger partial charge in [-0.25, -0.2) is 9.07 Å². The van der Waals surface area contributed by atoms with Gasteiger partial charge in [0.05, 0.1) is 17.6 Å². The lowest BCUT2D eigenvalue weighted by Crippen LogP contribution is -2.34. The smallest absolute Gasteiger partial charge is 0.227 e. The summed E-state index contributed by atoms with van der Waals surface area (Å²) in [5, 5.41) is 10.4. The third kappa shape index (κ3) is 2.87. The van der Waals surface area contributed by atoms with Gasteiger partial charge >= 0.3 is 0 Å². The number of carbonyl (C=O) groups excluding carboxylic acids is 1. The van der Waals surface area contributed by atoms with E-state index < -0.39 is 0 Å². The Bertz CT molecular complexity index is 677. The van der Waals surface area contributed by atoms with Gasteiger partial charge in [0.2, 0.25) is 5.91 Å². The van der Waals surface area contributed by atoms with Crippen LogP contribution in [0.2, 0.25) is 0 Å². The minimum absolute atomic E-state index is 0.0117. The summed E-state index contributed by atoms with van der Waals surface area (Å²) >= 11 is 0. The second kappa shape index (κ2) is 6.27. The summed E-state index contributed by atoms with van der Waals surface area (Å²) in [4.78, 5) is 12.3. The topological polar surface area (TPSA) is 59.0 Å². The van der Waals surface area contributed by atoms with Gasteiger partial charge in [-0.3, -0.25) is 4.79 Å². The third-order valence-corrected chi connectivity index (χ3v) is 4.06. The molecule has 1 saturated heterocycles. The summed E-state index contributed by atoms with van der Waals surface area (Å²) in [6.07, 6.45) is 3.25. The molecule has 116 valence electrons. The summed E-state index contributed by atoms with van der Waals surface area (Å²) in [5.74, 6) is -0.305. The Kier molecular flexibility index (Phi) is 4.20. The van der Waals surface area contributed by atoms with Crippen molar-refractivity contribution in [1.29, 1.82) is 0 Å². The summed E-state index contributed by atoms with van der Waals surface area (Å²) in [6.45, 7) is 3.55. The first-order chi connectivity index (χ1) is 10.7. The van der Waals surface area contributed by atoms with E-state index >= 15 is 0 Å². The number of halogens is 1. The van der Waals surface area contributed by atoms with Crippen LogP contribution in [-0.4, -0.2) is 28.8 Å². The molecular formula is C16H19FN4O. The molecule has 2 aromatic rings. The zero-order chi connectivity index (χ0) is 15.5. The van der Waals surface area contributed by atoms with Crippen molar-refractivity contribution in [2.75, 3.05) is 18.4 Å². The number of hydrogen-bond acceptors (Lipinski definition) is 3. The molecule has 1 aromatic carbocycles. The molecule has 0 spiro atoms. The number of hydrogen-bond donors (Lipinski definition) is 2. The molecule has 1 fully saturated rings. The lowest BCUT2D eigenvalue weighted by molar-refractivity contribution is -0.120. The number of amides is 1. The number of benzene rings is 1. The predicted molar refractivity (Wildman–Crippen MR) is 82.5 cm³/mol. The van der Waals surface area contributed by atoms with Crippen LogP contribution < -0.4 is 10.6 Å². The van der Waals surface area contributed by atoms with Gasteiger partial charge in [-0.2, -0.15) is 5.10 Å². The molecule has 0 aliphatic carbocycles. The Labute approximate surface area is 128 Å². The number of carbonyl (C=O) groups is 1. The summed E-state index contributed by atoms with van der Waals surface area (Å²) in [7, 11) is 0. The lowest BCUT2D eigenvalue weighted by Gasteiger charge is -2.21. The monoisotopic (exact) mass is 302 g/mol. The molecule has 1 amide bonds. The zero-order valence-corrected chi connectivity index (χ0v) is 12.5. The average Bonchev–Trinajstić information content (AvgIpc) is 2.90. The van der Waals surface area contributed by atoms with Crippen molar-refractivity contribution in [3.8, 4) is 5.69 Å². The van der Waals surface area contributed by atoms with Crippen molar-refractivity contribution in [1.82, 2.24) is 15.1 Å².